The molecule has 4 N–H and O–H groups in total. The number of carbonyl (C=O) groups excluding carboxylic acids is 1. The molecule has 24 heavy (non-hydrogen) atoms. The molecule has 0 atom stereocenters. The minimum atomic E-state index is -0.629. The SMILES string of the molecule is NC(=O)Nc1cccc(-c2ccnc(Cc3ccccc3)c2O)c1. The van der Waals surface area contributed by atoms with Crippen LogP contribution in [0.4, 0.5) is 10.5 Å². The number of hydrogen-bond acceptors (Lipinski definition) is 3. The minimum absolute atomic E-state index is 0.137. The summed E-state index contributed by atoms with van der Waals surface area (Å²) in [5.41, 5.74) is 8.82. The molecule has 0 radical (unpaired) electrons. The zero-order valence-electron chi connectivity index (χ0n) is 12.9. The highest BCUT2D eigenvalue weighted by atomic mass is 16.3. The van der Waals surface area contributed by atoms with Gasteiger partial charge >= 0.3 is 6.03 Å². The summed E-state index contributed by atoms with van der Waals surface area (Å²) in [4.78, 5) is 15.3. The number of primary amides is 1. The number of nitrogens with one attached hydrogen (secondary N) is 1. The normalized spacial score (nSPS) is 10.3. The second kappa shape index (κ2) is 6.83. The second-order valence-corrected chi connectivity index (χ2v) is 5.39. The van der Waals surface area contributed by atoms with E-state index in [-0.39, 0.29) is 5.75 Å². The van der Waals surface area contributed by atoms with E-state index in [4.69, 9.17) is 5.73 Å². The number of pyridine rings is 1. The first-order valence-electron chi connectivity index (χ1n) is 7.51. The van der Waals surface area contributed by atoms with Crippen molar-refractivity contribution in [1.82, 2.24) is 4.98 Å². The Kier molecular flexibility index (Phi) is 4.43. The highest BCUT2D eigenvalue weighted by Gasteiger charge is 2.11. The van der Waals surface area contributed by atoms with E-state index in [2.05, 4.69) is 10.3 Å². The summed E-state index contributed by atoms with van der Waals surface area (Å²) in [6, 6.07) is 18.1. The van der Waals surface area contributed by atoms with Gasteiger partial charge in [0.25, 0.3) is 0 Å². The number of nitrogens with two attached hydrogens (primary N) is 1. The van der Waals surface area contributed by atoms with E-state index >= 15 is 0 Å². The number of anilines is 1. The quantitative estimate of drug-likeness (QED) is 0.687. The van der Waals surface area contributed by atoms with Gasteiger partial charge in [0.1, 0.15) is 5.75 Å². The van der Waals surface area contributed by atoms with Crippen molar-refractivity contribution in [3.63, 3.8) is 0 Å². The number of hydrogen-bond donors (Lipinski definition) is 3. The molecule has 0 saturated heterocycles. The molecular formula is C19H17N3O2. The van der Waals surface area contributed by atoms with E-state index in [1.165, 1.54) is 0 Å². The van der Waals surface area contributed by atoms with Gasteiger partial charge in [0.15, 0.2) is 0 Å². The van der Waals surface area contributed by atoms with Crippen LogP contribution in [0.5, 0.6) is 5.75 Å². The lowest BCUT2D eigenvalue weighted by Crippen LogP contribution is -2.19. The van der Waals surface area contributed by atoms with Crippen molar-refractivity contribution in [2.45, 2.75) is 6.42 Å². The standard InChI is InChI=1S/C19H17N3O2/c20-19(24)22-15-8-4-7-14(12-15)16-9-10-21-17(18(16)23)11-13-5-2-1-3-6-13/h1-10,12,23H,11H2,(H3,20,22,24). The molecule has 120 valence electrons. The van der Waals surface area contributed by atoms with Gasteiger partial charge in [0, 0.05) is 23.9 Å². The number of benzene rings is 2. The average molecular weight is 319 g/mol. The Morgan fingerprint density at radius 2 is 1.88 bits per heavy atom. The maximum absolute atomic E-state index is 11.0. The largest absolute Gasteiger partial charge is 0.505 e. The summed E-state index contributed by atoms with van der Waals surface area (Å²) in [7, 11) is 0. The van der Waals surface area contributed by atoms with Gasteiger partial charge in [-0.3, -0.25) is 4.98 Å². The van der Waals surface area contributed by atoms with Gasteiger partial charge in [0.2, 0.25) is 0 Å². The van der Waals surface area contributed by atoms with E-state index in [1.54, 1.807) is 30.5 Å². The molecule has 3 aromatic rings. The molecule has 1 aromatic heterocycles. The molecule has 1 heterocycles. The van der Waals surface area contributed by atoms with Gasteiger partial charge < -0.3 is 16.2 Å². The molecular weight excluding hydrogens is 302 g/mol. The maximum atomic E-state index is 11.0. The molecule has 0 fully saturated rings. The third-order valence-corrected chi connectivity index (χ3v) is 3.66. The molecule has 3 rings (SSSR count). The molecule has 0 aliphatic carbocycles. The Balaban J connectivity index is 1.95. The summed E-state index contributed by atoms with van der Waals surface area (Å²) < 4.78 is 0. The first kappa shape index (κ1) is 15.6. The number of urea groups is 1. The molecule has 0 spiro atoms. The Morgan fingerprint density at radius 1 is 1.08 bits per heavy atom. The van der Waals surface area contributed by atoms with Crippen LogP contribution in [-0.2, 0) is 6.42 Å². The van der Waals surface area contributed by atoms with E-state index in [0.717, 1.165) is 11.1 Å². The number of amides is 2. The smallest absolute Gasteiger partial charge is 0.316 e. The van der Waals surface area contributed by atoms with Crippen LogP contribution in [0.1, 0.15) is 11.3 Å². The van der Waals surface area contributed by atoms with Crippen molar-refractivity contribution in [3.8, 4) is 16.9 Å². The number of nitrogens with zero attached hydrogens (tertiary/aromatic N) is 1. The van der Waals surface area contributed by atoms with Crippen LogP contribution in [0.3, 0.4) is 0 Å². The van der Waals surface area contributed by atoms with E-state index < -0.39 is 6.03 Å². The first-order chi connectivity index (χ1) is 11.6. The van der Waals surface area contributed by atoms with E-state index in [0.29, 0.717) is 23.4 Å². The van der Waals surface area contributed by atoms with Gasteiger partial charge in [-0.05, 0) is 29.3 Å². The van der Waals surface area contributed by atoms with Gasteiger partial charge in [-0.15, -0.1) is 0 Å². The number of rotatable bonds is 4. The van der Waals surface area contributed by atoms with Crippen molar-refractivity contribution >= 4 is 11.7 Å². The minimum Gasteiger partial charge on any atom is -0.505 e. The lowest BCUT2D eigenvalue weighted by molar-refractivity contribution is 0.259. The van der Waals surface area contributed by atoms with Crippen LogP contribution < -0.4 is 11.1 Å². The Bertz CT molecular complexity index is 863. The monoisotopic (exact) mass is 319 g/mol. The number of aromatic nitrogens is 1. The Hall–Kier alpha value is -3.34. The van der Waals surface area contributed by atoms with Crippen molar-refractivity contribution in [2.75, 3.05) is 5.32 Å². The van der Waals surface area contributed by atoms with E-state index in [9.17, 15) is 9.90 Å². The second-order valence-electron chi connectivity index (χ2n) is 5.39. The summed E-state index contributed by atoms with van der Waals surface area (Å²) in [6.45, 7) is 0. The van der Waals surface area contributed by atoms with Crippen LogP contribution in [0, 0.1) is 0 Å². The van der Waals surface area contributed by atoms with Crippen LogP contribution in [0.2, 0.25) is 0 Å². The van der Waals surface area contributed by atoms with Crippen molar-refractivity contribution < 1.29 is 9.90 Å². The fourth-order valence-corrected chi connectivity index (χ4v) is 2.56. The van der Waals surface area contributed by atoms with Crippen molar-refractivity contribution in [1.29, 1.82) is 0 Å². The van der Waals surface area contributed by atoms with Gasteiger partial charge in [0.05, 0.1) is 5.69 Å². The zero-order valence-corrected chi connectivity index (χ0v) is 12.9. The summed E-state index contributed by atoms with van der Waals surface area (Å²) >= 11 is 0. The third-order valence-electron chi connectivity index (χ3n) is 3.66. The molecule has 5 nitrogen and oxygen atoms in total. The van der Waals surface area contributed by atoms with Crippen LogP contribution in [0.15, 0.2) is 66.9 Å². The average Bonchev–Trinajstić information content (AvgIpc) is 2.57. The molecule has 2 aromatic carbocycles. The molecule has 0 aliphatic rings. The first-order valence-corrected chi connectivity index (χ1v) is 7.51. The van der Waals surface area contributed by atoms with Crippen LogP contribution in [0.25, 0.3) is 11.1 Å². The lowest BCUT2D eigenvalue weighted by Gasteiger charge is -2.11. The number of carbonyl (C=O) groups is 1. The topological polar surface area (TPSA) is 88.2 Å². The predicted molar refractivity (Wildman–Crippen MR) is 93.8 cm³/mol. The molecule has 2 amide bonds. The van der Waals surface area contributed by atoms with Crippen molar-refractivity contribution in [3.05, 3.63) is 78.1 Å². The molecule has 0 unspecified atom stereocenters. The fraction of sp³-hybridized carbons (Fsp3) is 0.0526. The Morgan fingerprint density at radius 3 is 2.62 bits per heavy atom. The summed E-state index contributed by atoms with van der Waals surface area (Å²) in [5, 5.41) is 13.1. The van der Waals surface area contributed by atoms with Gasteiger partial charge in [-0.2, -0.15) is 0 Å². The fourth-order valence-electron chi connectivity index (χ4n) is 2.56. The van der Waals surface area contributed by atoms with Crippen molar-refractivity contribution in [2.24, 2.45) is 5.73 Å². The molecule has 0 aliphatic heterocycles. The zero-order chi connectivity index (χ0) is 16.9. The third kappa shape index (κ3) is 3.52. The van der Waals surface area contributed by atoms with Gasteiger partial charge in [-0.1, -0.05) is 42.5 Å². The van der Waals surface area contributed by atoms with Gasteiger partial charge in [-0.25, -0.2) is 4.79 Å². The summed E-state index contributed by atoms with van der Waals surface area (Å²) in [5.74, 6) is 0.137. The van der Waals surface area contributed by atoms with E-state index in [1.807, 2.05) is 36.4 Å². The maximum Gasteiger partial charge on any atom is 0.316 e. The molecule has 0 bridgehead atoms. The Labute approximate surface area is 139 Å². The lowest BCUT2D eigenvalue weighted by atomic mass is 10.0. The predicted octanol–water partition coefficient (Wildman–Crippen LogP) is 3.54. The summed E-state index contributed by atoms with van der Waals surface area (Å²) in [6.07, 6.45) is 2.21. The number of aromatic hydroxyl groups is 1. The highest BCUT2D eigenvalue weighted by molar-refractivity contribution is 5.89. The highest BCUT2D eigenvalue weighted by Crippen LogP contribution is 2.33. The molecule has 5 heteroatoms. The van der Waals surface area contributed by atoms with Crippen LogP contribution >= 0.6 is 0 Å². The van der Waals surface area contributed by atoms with Crippen LogP contribution in [-0.4, -0.2) is 16.1 Å². The molecule has 0 saturated carbocycles.